The van der Waals surface area contributed by atoms with Gasteiger partial charge in [-0.3, -0.25) is 4.79 Å². The second-order valence-electron chi connectivity index (χ2n) is 1.54. The molecule has 1 atom stereocenters. The van der Waals surface area contributed by atoms with E-state index in [1.807, 2.05) is 13.8 Å². The number of carbonyl (C=O) groups is 1. The fraction of sp³-hybridized carbons (Fsp3) is 0.800. The molecule has 0 heterocycles. The molecule has 0 aromatic heterocycles. The normalized spacial score (nSPS) is 12.9. The van der Waals surface area contributed by atoms with Gasteiger partial charge in [-0.2, -0.15) is 0 Å². The van der Waals surface area contributed by atoms with Gasteiger partial charge in [0.2, 0.25) is 5.91 Å². The van der Waals surface area contributed by atoms with Crippen LogP contribution in [0.15, 0.2) is 0 Å². The van der Waals surface area contributed by atoms with E-state index in [-0.39, 0.29) is 10.9 Å². The molecule has 3 heteroatoms. The van der Waals surface area contributed by atoms with Crippen molar-refractivity contribution in [1.82, 2.24) is 5.32 Å². The van der Waals surface area contributed by atoms with Gasteiger partial charge in [-0.15, -0.1) is 0 Å². The highest BCUT2D eigenvalue weighted by Gasteiger charge is 1.97. The Labute approximate surface area is 57.8 Å². The van der Waals surface area contributed by atoms with Gasteiger partial charge in [0.1, 0.15) is 0 Å². The SMILES string of the molecule is CCC(=O)NC(C)Br. The molecule has 0 bridgehead atoms. The Bertz CT molecular complexity index is 82.5. The lowest BCUT2D eigenvalue weighted by atomic mass is 10.4. The van der Waals surface area contributed by atoms with Crippen LogP contribution in [0.5, 0.6) is 0 Å². The fourth-order valence-electron chi connectivity index (χ4n) is 0.324. The Balaban J connectivity index is 3.25. The average molecular weight is 180 g/mol. The lowest BCUT2D eigenvalue weighted by molar-refractivity contribution is -0.120. The highest BCUT2D eigenvalue weighted by Crippen LogP contribution is 1.90. The van der Waals surface area contributed by atoms with Gasteiger partial charge in [0.15, 0.2) is 0 Å². The molecule has 1 amide bonds. The predicted molar refractivity (Wildman–Crippen MR) is 36.8 cm³/mol. The molecule has 8 heavy (non-hydrogen) atoms. The minimum Gasteiger partial charge on any atom is -0.344 e. The van der Waals surface area contributed by atoms with Crippen molar-refractivity contribution in [1.29, 1.82) is 0 Å². The van der Waals surface area contributed by atoms with E-state index >= 15 is 0 Å². The van der Waals surface area contributed by atoms with Crippen molar-refractivity contribution in [2.45, 2.75) is 25.2 Å². The van der Waals surface area contributed by atoms with Crippen LogP contribution in [0.1, 0.15) is 20.3 Å². The van der Waals surface area contributed by atoms with Gasteiger partial charge in [0.05, 0.1) is 4.95 Å². The molecule has 0 rings (SSSR count). The molecule has 0 aromatic carbocycles. The van der Waals surface area contributed by atoms with Crippen LogP contribution >= 0.6 is 15.9 Å². The zero-order valence-electron chi connectivity index (χ0n) is 5.07. The summed E-state index contributed by atoms with van der Waals surface area (Å²) in [6, 6.07) is 0. The van der Waals surface area contributed by atoms with Crippen molar-refractivity contribution in [3.63, 3.8) is 0 Å². The molecule has 0 spiro atoms. The molecule has 0 saturated heterocycles. The van der Waals surface area contributed by atoms with E-state index in [0.717, 1.165) is 0 Å². The number of alkyl halides is 1. The van der Waals surface area contributed by atoms with Gasteiger partial charge in [-0.25, -0.2) is 0 Å². The van der Waals surface area contributed by atoms with Crippen molar-refractivity contribution in [3.8, 4) is 0 Å². The van der Waals surface area contributed by atoms with Gasteiger partial charge in [0, 0.05) is 6.42 Å². The number of carbonyl (C=O) groups excluding carboxylic acids is 1. The van der Waals surface area contributed by atoms with E-state index in [0.29, 0.717) is 6.42 Å². The summed E-state index contributed by atoms with van der Waals surface area (Å²) in [6.45, 7) is 3.69. The number of hydrogen-bond acceptors (Lipinski definition) is 1. The predicted octanol–water partition coefficient (Wildman–Crippen LogP) is 1.25. The molecule has 0 aliphatic rings. The number of halogens is 1. The topological polar surface area (TPSA) is 29.1 Å². The quantitative estimate of drug-likeness (QED) is 0.502. The van der Waals surface area contributed by atoms with Crippen molar-refractivity contribution < 1.29 is 4.79 Å². The Morgan fingerprint density at radius 1 is 1.88 bits per heavy atom. The fourth-order valence-corrected chi connectivity index (χ4v) is 0.579. The van der Waals surface area contributed by atoms with Crippen LogP contribution in [0, 0.1) is 0 Å². The maximum Gasteiger partial charge on any atom is 0.220 e. The van der Waals surface area contributed by atoms with Gasteiger partial charge in [-0.1, -0.05) is 22.9 Å². The van der Waals surface area contributed by atoms with E-state index in [1.54, 1.807) is 0 Å². The van der Waals surface area contributed by atoms with Gasteiger partial charge in [0.25, 0.3) is 0 Å². The number of amides is 1. The van der Waals surface area contributed by atoms with Crippen LogP contribution in [0.25, 0.3) is 0 Å². The molecule has 0 saturated carbocycles. The first-order valence-corrected chi connectivity index (χ1v) is 3.51. The summed E-state index contributed by atoms with van der Waals surface area (Å²) >= 11 is 3.18. The van der Waals surface area contributed by atoms with E-state index < -0.39 is 0 Å². The lowest BCUT2D eigenvalue weighted by Crippen LogP contribution is -2.26. The first kappa shape index (κ1) is 7.95. The third-order valence-electron chi connectivity index (χ3n) is 0.681. The van der Waals surface area contributed by atoms with E-state index in [9.17, 15) is 4.79 Å². The summed E-state index contributed by atoms with van der Waals surface area (Å²) in [7, 11) is 0. The van der Waals surface area contributed by atoms with Gasteiger partial charge >= 0.3 is 0 Å². The molecule has 0 aliphatic carbocycles. The minimum atomic E-state index is 0.0781. The second kappa shape index (κ2) is 3.89. The summed E-state index contributed by atoms with van der Waals surface area (Å²) in [6.07, 6.45) is 0.552. The molecule has 1 unspecified atom stereocenters. The highest BCUT2D eigenvalue weighted by atomic mass is 79.9. The molecular weight excluding hydrogens is 170 g/mol. The number of nitrogens with one attached hydrogen (secondary N) is 1. The average Bonchev–Trinajstić information content (AvgIpc) is 1.65. The highest BCUT2D eigenvalue weighted by molar-refractivity contribution is 9.09. The maximum absolute atomic E-state index is 10.5. The second-order valence-corrected chi connectivity index (χ2v) is 2.91. The molecular formula is C5H10BrNO. The molecule has 0 aromatic rings. The Kier molecular flexibility index (Phi) is 3.87. The molecule has 0 fully saturated rings. The smallest absolute Gasteiger partial charge is 0.220 e. The third kappa shape index (κ3) is 4.12. The van der Waals surface area contributed by atoms with E-state index in [1.165, 1.54) is 0 Å². The Hall–Kier alpha value is -0.0500. The van der Waals surface area contributed by atoms with Crippen LogP contribution < -0.4 is 5.32 Å². The molecule has 1 N–H and O–H groups in total. The Morgan fingerprint density at radius 2 is 2.38 bits per heavy atom. The zero-order chi connectivity index (χ0) is 6.57. The summed E-state index contributed by atoms with van der Waals surface area (Å²) in [4.78, 5) is 10.6. The van der Waals surface area contributed by atoms with Crippen LogP contribution in [-0.4, -0.2) is 10.9 Å². The van der Waals surface area contributed by atoms with Crippen LogP contribution in [-0.2, 0) is 4.79 Å². The first-order valence-electron chi connectivity index (χ1n) is 2.60. The Morgan fingerprint density at radius 3 is 2.50 bits per heavy atom. The van der Waals surface area contributed by atoms with E-state index in [4.69, 9.17) is 0 Å². The van der Waals surface area contributed by atoms with Gasteiger partial charge < -0.3 is 5.32 Å². The zero-order valence-corrected chi connectivity index (χ0v) is 6.66. The first-order chi connectivity index (χ1) is 3.66. The van der Waals surface area contributed by atoms with Crippen molar-refractivity contribution in [3.05, 3.63) is 0 Å². The van der Waals surface area contributed by atoms with Crippen LogP contribution in [0.2, 0.25) is 0 Å². The standard InChI is InChI=1S/C5H10BrNO/c1-3-5(8)7-4(2)6/h4H,3H2,1-2H3,(H,7,8). The summed E-state index contributed by atoms with van der Waals surface area (Å²) in [5.41, 5.74) is 0. The van der Waals surface area contributed by atoms with E-state index in [2.05, 4.69) is 21.2 Å². The summed E-state index contributed by atoms with van der Waals surface area (Å²) in [5.74, 6) is 0.0781. The van der Waals surface area contributed by atoms with Crippen molar-refractivity contribution >= 4 is 21.8 Å². The summed E-state index contributed by atoms with van der Waals surface area (Å²) < 4.78 is 0. The minimum absolute atomic E-state index is 0.0781. The number of hydrogen-bond donors (Lipinski definition) is 1. The van der Waals surface area contributed by atoms with Crippen molar-refractivity contribution in [2.75, 3.05) is 0 Å². The molecule has 2 nitrogen and oxygen atoms in total. The number of rotatable bonds is 2. The third-order valence-corrected chi connectivity index (χ3v) is 0.910. The van der Waals surface area contributed by atoms with Crippen LogP contribution in [0.4, 0.5) is 0 Å². The lowest BCUT2D eigenvalue weighted by Gasteiger charge is -2.02. The monoisotopic (exact) mass is 179 g/mol. The van der Waals surface area contributed by atoms with Crippen molar-refractivity contribution in [2.24, 2.45) is 0 Å². The summed E-state index contributed by atoms with van der Waals surface area (Å²) in [5, 5.41) is 2.67. The molecule has 0 aliphatic heterocycles. The van der Waals surface area contributed by atoms with Crippen LogP contribution in [0.3, 0.4) is 0 Å². The molecule has 0 radical (unpaired) electrons. The van der Waals surface area contributed by atoms with Gasteiger partial charge in [-0.05, 0) is 6.92 Å². The largest absolute Gasteiger partial charge is 0.344 e. The molecule has 48 valence electrons. The maximum atomic E-state index is 10.5.